The molecule has 0 radical (unpaired) electrons. The van der Waals surface area contributed by atoms with Crippen molar-refractivity contribution < 1.29 is 41.0 Å². The topological polar surface area (TPSA) is 122 Å². The Morgan fingerprint density at radius 2 is 1.67 bits per heavy atom. The predicted molar refractivity (Wildman–Crippen MR) is 134 cm³/mol. The maximum atomic E-state index is 13.7. The molecule has 4 atom stereocenters. The third-order valence-electron chi connectivity index (χ3n) is 8.00. The van der Waals surface area contributed by atoms with Crippen molar-refractivity contribution in [2.24, 2.45) is 11.8 Å². The van der Waals surface area contributed by atoms with Crippen LogP contribution in [0.2, 0.25) is 5.02 Å². The average Bonchev–Trinajstić information content (AvgIpc) is 3.00. The zero-order valence-electron chi connectivity index (χ0n) is 20.6. The first kappa shape index (κ1) is 27.9. The van der Waals surface area contributed by atoms with Gasteiger partial charge >= 0.3 is 0 Å². The molecule has 2 saturated carbocycles. The van der Waals surface area contributed by atoms with Gasteiger partial charge in [-0.05, 0) is 55.7 Å². The average molecular weight is 587 g/mol. The Balaban J connectivity index is 1.33. The highest BCUT2D eigenvalue weighted by molar-refractivity contribution is 7.92. The summed E-state index contributed by atoms with van der Waals surface area (Å²) in [6.45, 7) is 0.847. The number of carbonyl (C=O) groups is 2. The minimum Gasteiger partial charge on any atom is -0.389 e. The Kier molecular flexibility index (Phi) is 7.42. The van der Waals surface area contributed by atoms with Gasteiger partial charge in [0.15, 0.2) is 27.3 Å². The highest BCUT2D eigenvalue weighted by Crippen LogP contribution is 2.53. The summed E-state index contributed by atoms with van der Waals surface area (Å²) in [5, 5.41) is 15.5. The largest absolute Gasteiger partial charge is 0.389 e. The fourth-order valence-electron chi connectivity index (χ4n) is 5.88. The van der Waals surface area contributed by atoms with Gasteiger partial charge in [-0.25, -0.2) is 21.6 Å². The van der Waals surface area contributed by atoms with E-state index in [1.54, 1.807) is 0 Å². The monoisotopic (exact) mass is 586 g/mol. The number of ether oxygens (including phenoxy) is 1. The van der Waals surface area contributed by atoms with Crippen LogP contribution in [0, 0.1) is 29.3 Å². The normalized spacial score (nSPS) is 26.6. The molecule has 210 valence electrons. The molecule has 2 aliphatic carbocycles. The zero-order valence-corrected chi connectivity index (χ0v) is 22.1. The molecule has 3 fully saturated rings. The highest BCUT2D eigenvalue weighted by Gasteiger charge is 2.56. The summed E-state index contributed by atoms with van der Waals surface area (Å²) in [4.78, 5) is 24.9. The maximum absolute atomic E-state index is 13.7. The van der Waals surface area contributed by atoms with E-state index in [9.17, 15) is 36.3 Å². The van der Waals surface area contributed by atoms with Crippen LogP contribution in [0.3, 0.4) is 0 Å². The summed E-state index contributed by atoms with van der Waals surface area (Å²) in [7, 11) is -4.07. The second-order valence-corrected chi connectivity index (χ2v) is 13.0. The number of sulfone groups is 1. The first-order chi connectivity index (χ1) is 18.4. The van der Waals surface area contributed by atoms with E-state index in [2.05, 4.69) is 10.6 Å². The minimum atomic E-state index is -4.07. The van der Waals surface area contributed by atoms with Gasteiger partial charge in [0.05, 0.1) is 46.4 Å². The van der Waals surface area contributed by atoms with Gasteiger partial charge in [0.25, 0.3) is 5.91 Å². The number of rotatable bonds is 7. The molecular weight excluding hydrogens is 561 g/mol. The van der Waals surface area contributed by atoms with E-state index in [-0.39, 0.29) is 52.4 Å². The second-order valence-electron chi connectivity index (χ2n) is 10.4. The molecule has 39 heavy (non-hydrogen) atoms. The summed E-state index contributed by atoms with van der Waals surface area (Å²) in [6.07, 6.45) is 1.28. The van der Waals surface area contributed by atoms with Gasteiger partial charge in [-0.2, -0.15) is 0 Å². The molecule has 0 aromatic heterocycles. The Morgan fingerprint density at radius 3 is 2.23 bits per heavy atom. The highest BCUT2D eigenvalue weighted by atomic mass is 35.5. The van der Waals surface area contributed by atoms with Crippen LogP contribution in [0.4, 0.5) is 18.9 Å². The number of anilines is 1. The third kappa shape index (κ3) is 5.27. The lowest BCUT2D eigenvalue weighted by molar-refractivity contribution is -0.136. The van der Waals surface area contributed by atoms with Crippen LogP contribution in [-0.4, -0.2) is 55.4 Å². The van der Waals surface area contributed by atoms with Gasteiger partial charge in [-0.3, -0.25) is 9.59 Å². The molecule has 1 saturated heterocycles. The lowest BCUT2D eigenvalue weighted by atomic mass is 9.72. The standard InChI is InChI=1S/C26H26ClF3N2O6S/c27-19-4-1-13(25(34)32-16-8-20(28)24(30)21(29)9-16)5-22(19)39(36,37)18-6-14-2-3-15(7-18)26(14,35)10-23(33)31-17-11-38-12-17/h1,4-5,8-9,14-15,17-18,35H,2-3,6-7,10-12H2,(H,31,33)(H,32,34)/t14-,15?,18?,26?/m0/s1. The van der Waals surface area contributed by atoms with E-state index in [4.69, 9.17) is 16.3 Å². The van der Waals surface area contributed by atoms with E-state index in [1.165, 1.54) is 12.1 Å². The molecular formula is C26H26ClF3N2O6S. The fourth-order valence-corrected chi connectivity index (χ4v) is 8.28. The predicted octanol–water partition coefficient (Wildman–Crippen LogP) is 3.61. The van der Waals surface area contributed by atoms with Gasteiger partial charge < -0.3 is 20.5 Å². The van der Waals surface area contributed by atoms with Gasteiger partial charge in [0.2, 0.25) is 5.91 Å². The number of halogens is 4. The van der Waals surface area contributed by atoms with Crippen LogP contribution in [0.15, 0.2) is 35.2 Å². The summed E-state index contributed by atoms with van der Waals surface area (Å²) in [6, 6.07) is 4.69. The van der Waals surface area contributed by atoms with E-state index < -0.39 is 55.9 Å². The molecule has 13 heteroatoms. The number of amides is 2. The van der Waals surface area contributed by atoms with E-state index >= 15 is 0 Å². The number of hydrogen-bond donors (Lipinski definition) is 3. The zero-order chi connectivity index (χ0) is 28.1. The van der Waals surface area contributed by atoms with Crippen molar-refractivity contribution in [2.75, 3.05) is 18.5 Å². The molecule has 2 aromatic carbocycles. The van der Waals surface area contributed by atoms with E-state index in [1.807, 2.05) is 0 Å². The SMILES string of the molecule is O=C(CC1(O)C2CC[C@H]1CC(S(=O)(=O)c1cc(C(=O)Nc3cc(F)c(F)c(F)c3)ccc1Cl)C2)NC1COC1. The van der Waals surface area contributed by atoms with Gasteiger partial charge in [0, 0.05) is 23.4 Å². The number of carbonyl (C=O) groups excluding carboxylic acids is 2. The minimum absolute atomic E-state index is 0.0804. The second kappa shape index (κ2) is 10.4. The number of fused-ring (bicyclic) bond motifs is 2. The lowest BCUT2D eigenvalue weighted by Crippen LogP contribution is -2.54. The lowest BCUT2D eigenvalue weighted by Gasteiger charge is -2.42. The molecule has 3 unspecified atom stereocenters. The number of aliphatic hydroxyl groups is 1. The molecule has 5 rings (SSSR count). The van der Waals surface area contributed by atoms with Crippen LogP contribution in [0.1, 0.15) is 42.5 Å². The Labute approximate surface area is 227 Å². The van der Waals surface area contributed by atoms with Crippen LogP contribution in [0.5, 0.6) is 0 Å². The van der Waals surface area contributed by atoms with Crippen LogP contribution in [-0.2, 0) is 19.4 Å². The Hall–Kier alpha value is -2.67. The van der Waals surface area contributed by atoms with Crippen LogP contribution >= 0.6 is 11.6 Å². The van der Waals surface area contributed by atoms with Gasteiger partial charge in [-0.15, -0.1) is 0 Å². The van der Waals surface area contributed by atoms with Crippen molar-refractivity contribution in [3.63, 3.8) is 0 Å². The molecule has 1 aliphatic heterocycles. The Morgan fingerprint density at radius 1 is 1.05 bits per heavy atom. The van der Waals surface area contributed by atoms with Gasteiger partial charge in [0.1, 0.15) is 0 Å². The Bertz CT molecular complexity index is 1400. The maximum Gasteiger partial charge on any atom is 0.255 e. The van der Waals surface area contributed by atoms with Crippen molar-refractivity contribution in [3.05, 3.63) is 58.4 Å². The van der Waals surface area contributed by atoms with Gasteiger partial charge in [-0.1, -0.05) is 11.6 Å². The summed E-state index contributed by atoms with van der Waals surface area (Å²) >= 11 is 6.24. The molecule has 8 nitrogen and oxygen atoms in total. The van der Waals surface area contributed by atoms with Crippen LogP contribution < -0.4 is 10.6 Å². The molecule has 0 spiro atoms. The summed E-state index contributed by atoms with van der Waals surface area (Å²) in [5.41, 5.74) is -1.81. The van der Waals surface area contributed by atoms with Crippen molar-refractivity contribution >= 4 is 38.9 Å². The molecule has 2 aromatic rings. The van der Waals surface area contributed by atoms with Crippen molar-refractivity contribution in [3.8, 4) is 0 Å². The molecule has 2 bridgehead atoms. The van der Waals surface area contributed by atoms with E-state index in [0.29, 0.717) is 38.2 Å². The molecule has 1 heterocycles. The van der Waals surface area contributed by atoms with Crippen LogP contribution in [0.25, 0.3) is 0 Å². The molecule has 2 amide bonds. The summed E-state index contributed by atoms with van der Waals surface area (Å²) in [5.74, 6) is -6.67. The molecule has 3 aliphatic rings. The smallest absolute Gasteiger partial charge is 0.255 e. The van der Waals surface area contributed by atoms with Crippen molar-refractivity contribution in [1.82, 2.24) is 5.32 Å². The van der Waals surface area contributed by atoms with Crippen molar-refractivity contribution in [1.29, 1.82) is 0 Å². The third-order valence-corrected chi connectivity index (χ3v) is 10.7. The number of benzene rings is 2. The first-order valence-electron chi connectivity index (χ1n) is 12.5. The molecule has 3 N–H and O–H groups in total. The number of nitrogens with one attached hydrogen (secondary N) is 2. The van der Waals surface area contributed by atoms with Crippen molar-refractivity contribution in [2.45, 2.75) is 53.9 Å². The quantitative estimate of drug-likeness (QED) is 0.426. The van der Waals surface area contributed by atoms with E-state index in [0.717, 1.165) is 6.07 Å². The first-order valence-corrected chi connectivity index (χ1v) is 14.4. The fraction of sp³-hybridized carbons (Fsp3) is 0.462. The summed E-state index contributed by atoms with van der Waals surface area (Å²) < 4.78 is 72.7. The number of hydrogen-bond acceptors (Lipinski definition) is 6.